The average molecular weight is 379 g/mol. The SMILES string of the molecule is Cc1cc(C2(c3cc(C)c(O)c(C)c3)CCC3CCCCC3C2)cc(C)c1O. The molecule has 2 N–H and O–H groups in total. The number of hydrogen-bond acceptors (Lipinski definition) is 2. The molecular formula is C26H34O2. The fourth-order valence-electron chi connectivity index (χ4n) is 6.07. The van der Waals surface area contributed by atoms with E-state index in [0.29, 0.717) is 11.5 Å². The van der Waals surface area contributed by atoms with Crippen molar-refractivity contribution in [3.63, 3.8) is 0 Å². The first-order chi connectivity index (χ1) is 13.3. The molecule has 2 aliphatic carbocycles. The first-order valence-electron chi connectivity index (χ1n) is 10.9. The number of rotatable bonds is 2. The molecule has 0 heterocycles. The van der Waals surface area contributed by atoms with E-state index in [1.165, 1.54) is 49.7 Å². The van der Waals surface area contributed by atoms with Crippen molar-refractivity contribution in [2.24, 2.45) is 11.8 Å². The molecule has 0 amide bonds. The molecule has 0 radical (unpaired) electrons. The van der Waals surface area contributed by atoms with Gasteiger partial charge in [-0.05, 0) is 92.2 Å². The van der Waals surface area contributed by atoms with Crippen LogP contribution in [0.5, 0.6) is 11.5 Å². The minimum absolute atomic E-state index is 0.0229. The van der Waals surface area contributed by atoms with Gasteiger partial charge in [-0.1, -0.05) is 49.9 Å². The molecule has 28 heavy (non-hydrogen) atoms. The monoisotopic (exact) mass is 378 g/mol. The van der Waals surface area contributed by atoms with Crippen molar-refractivity contribution in [2.75, 3.05) is 0 Å². The van der Waals surface area contributed by atoms with Gasteiger partial charge in [-0.15, -0.1) is 0 Å². The van der Waals surface area contributed by atoms with E-state index in [1.807, 2.05) is 27.7 Å². The molecule has 2 aromatic rings. The summed E-state index contributed by atoms with van der Waals surface area (Å²) in [5.74, 6) is 2.50. The van der Waals surface area contributed by atoms with Crippen molar-refractivity contribution in [2.45, 2.75) is 78.1 Å². The van der Waals surface area contributed by atoms with Crippen LogP contribution in [-0.4, -0.2) is 10.2 Å². The molecule has 2 unspecified atom stereocenters. The smallest absolute Gasteiger partial charge is 0.121 e. The first-order valence-corrected chi connectivity index (χ1v) is 10.9. The molecule has 0 aromatic heterocycles. The third kappa shape index (κ3) is 3.11. The fraction of sp³-hybridized carbons (Fsp3) is 0.538. The predicted octanol–water partition coefficient (Wildman–Crippen LogP) is 6.61. The minimum atomic E-state index is -0.0229. The lowest BCUT2D eigenvalue weighted by Crippen LogP contribution is -2.39. The zero-order chi connectivity index (χ0) is 20.1. The molecule has 150 valence electrons. The van der Waals surface area contributed by atoms with Gasteiger partial charge in [-0.2, -0.15) is 0 Å². The van der Waals surface area contributed by atoms with E-state index in [-0.39, 0.29) is 5.41 Å². The lowest BCUT2D eigenvalue weighted by molar-refractivity contribution is 0.125. The summed E-state index contributed by atoms with van der Waals surface area (Å²) in [5, 5.41) is 20.7. The summed E-state index contributed by atoms with van der Waals surface area (Å²) in [6, 6.07) is 8.85. The summed E-state index contributed by atoms with van der Waals surface area (Å²) in [4.78, 5) is 0. The Kier molecular flexibility index (Phi) is 4.93. The van der Waals surface area contributed by atoms with Crippen LogP contribution in [0.1, 0.15) is 78.3 Å². The molecule has 2 aromatic carbocycles. The van der Waals surface area contributed by atoms with Gasteiger partial charge in [0.25, 0.3) is 0 Å². The van der Waals surface area contributed by atoms with Gasteiger partial charge in [0.15, 0.2) is 0 Å². The molecule has 2 atom stereocenters. The number of aryl methyl sites for hydroxylation is 4. The van der Waals surface area contributed by atoms with E-state index >= 15 is 0 Å². The zero-order valence-electron chi connectivity index (χ0n) is 17.8. The zero-order valence-corrected chi connectivity index (χ0v) is 17.8. The number of hydrogen-bond donors (Lipinski definition) is 2. The van der Waals surface area contributed by atoms with E-state index in [9.17, 15) is 10.2 Å². The molecule has 2 nitrogen and oxygen atoms in total. The van der Waals surface area contributed by atoms with Crippen LogP contribution in [0.2, 0.25) is 0 Å². The van der Waals surface area contributed by atoms with Crippen LogP contribution in [0.15, 0.2) is 24.3 Å². The molecule has 0 saturated heterocycles. The van der Waals surface area contributed by atoms with Gasteiger partial charge >= 0.3 is 0 Å². The van der Waals surface area contributed by atoms with E-state index in [2.05, 4.69) is 24.3 Å². The highest BCUT2D eigenvalue weighted by Gasteiger charge is 2.44. The van der Waals surface area contributed by atoms with Gasteiger partial charge < -0.3 is 10.2 Å². The summed E-state index contributed by atoms with van der Waals surface area (Å²) in [7, 11) is 0. The number of phenols is 2. The Balaban J connectivity index is 1.89. The van der Waals surface area contributed by atoms with E-state index < -0.39 is 0 Å². The summed E-state index contributed by atoms with van der Waals surface area (Å²) < 4.78 is 0. The Hall–Kier alpha value is -1.96. The van der Waals surface area contributed by atoms with Gasteiger partial charge in [-0.3, -0.25) is 0 Å². The topological polar surface area (TPSA) is 40.5 Å². The number of aromatic hydroxyl groups is 2. The molecule has 4 rings (SSSR count). The molecule has 2 fully saturated rings. The van der Waals surface area contributed by atoms with Crippen LogP contribution in [0.3, 0.4) is 0 Å². The van der Waals surface area contributed by atoms with Crippen molar-refractivity contribution in [3.8, 4) is 11.5 Å². The van der Waals surface area contributed by atoms with E-state index in [1.54, 1.807) is 0 Å². The lowest BCUT2D eigenvalue weighted by Gasteiger charge is -2.48. The highest BCUT2D eigenvalue weighted by molar-refractivity contribution is 5.52. The highest BCUT2D eigenvalue weighted by Crippen LogP contribution is 2.53. The Labute approximate surface area is 169 Å². The number of fused-ring (bicyclic) bond motifs is 1. The Morgan fingerprint density at radius 1 is 0.679 bits per heavy atom. The standard InChI is InChI=1S/C26H34O2/c1-16-11-22(12-17(2)24(16)27)26(23-13-18(3)25(28)19(4)14-23)10-9-20-7-5-6-8-21(20)15-26/h11-14,20-21,27-28H,5-10,15H2,1-4H3. The Morgan fingerprint density at radius 3 is 1.57 bits per heavy atom. The van der Waals surface area contributed by atoms with Gasteiger partial charge in [0, 0.05) is 5.41 Å². The molecule has 2 heteroatoms. The van der Waals surface area contributed by atoms with Crippen LogP contribution >= 0.6 is 0 Å². The summed E-state index contributed by atoms with van der Waals surface area (Å²) in [6.07, 6.45) is 9.11. The normalized spacial score (nSPS) is 24.0. The molecule has 0 aliphatic heterocycles. The van der Waals surface area contributed by atoms with Crippen molar-refractivity contribution >= 4 is 0 Å². The minimum Gasteiger partial charge on any atom is -0.507 e. The van der Waals surface area contributed by atoms with E-state index in [0.717, 1.165) is 40.5 Å². The van der Waals surface area contributed by atoms with Crippen LogP contribution in [0, 0.1) is 39.5 Å². The quantitative estimate of drug-likeness (QED) is 0.617. The van der Waals surface area contributed by atoms with E-state index in [4.69, 9.17) is 0 Å². The second kappa shape index (κ2) is 7.13. The van der Waals surface area contributed by atoms with Crippen molar-refractivity contribution in [1.82, 2.24) is 0 Å². The maximum Gasteiger partial charge on any atom is 0.121 e. The summed E-state index contributed by atoms with van der Waals surface area (Å²) >= 11 is 0. The van der Waals surface area contributed by atoms with Crippen molar-refractivity contribution in [3.05, 3.63) is 57.6 Å². The summed E-state index contributed by atoms with van der Waals surface area (Å²) in [6.45, 7) is 8.05. The van der Waals surface area contributed by atoms with Crippen LogP contribution in [0.25, 0.3) is 0 Å². The summed E-state index contributed by atoms with van der Waals surface area (Å²) in [5.41, 5.74) is 6.52. The van der Waals surface area contributed by atoms with Gasteiger partial charge in [0.05, 0.1) is 0 Å². The Morgan fingerprint density at radius 2 is 1.11 bits per heavy atom. The van der Waals surface area contributed by atoms with Crippen LogP contribution in [0.4, 0.5) is 0 Å². The lowest BCUT2D eigenvalue weighted by atomic mass is 9.56. The second-order valence-electron chi connectivity index (χ2n) is 9.55. The van der Waals surface area contributed by atoms with Gasteiger partial charge in [-0.25, -0.2) is 0 Å². The molecular weight excluding hydrogens is 344 g/mol. The van der Waals surface area contributed by atoms with Crippen molar-refractivity contribution in [1.29, 1.82) is 0 Å². The second-order valence-corrected chi connectivity index (χ2v) is 9.55. The van der Waals surface area contributed by atoms with Crippen LogP contribution in [-0.2, 0) is 5.41 Å². The largest absolute Gasteiger partial charge is 0.507 e. The molecule has 0 bridgehead atoms. The average Bonchev–Trinajstić information content (AvgIpc) is 2.69. The van der Waals surface area contributed by atoms with Gasteiger partial charge in [0.1, 0.15) is 11.5 Å². The van der Waals surface area contributed by atoms with Crippen LogP contribution < -0.4 is 0 Å². The highest BCUT2D eigenvalue weighted by atomic mass is 16.3. The molecule has 2 saturated carbocycles. The fourth-order valence-corrected chi connectivity index (χ4v) is 6.07. The Bertz CT molecular complexity index is 792. The molecule has 2 aliphatic rings. The first kappa shape index (κ1) is 19.4. The van der Waals surface area contributed by atoms with Crippen molar-refractivity contribution < 1.29 is 10.2 Å². The predicted molar refractivity (Wildman–Crippen MR) is 115 cm³/mol. The molecule has 0 spiro atoms. The maximum atomic E-state index is 10.4. The maximum absolute atomic E-state index is 10.4. The number of benzene rings is 2. The third-order valence-electron chi connectivity index (χ3n) is 7.71. The third-order valence-corrected chi connectivity index (χ3v) is 7.71. The van der Waals surface area contributed by atoms with Gasteiger partial charge in [0.2, 0.25) is 0 Å². The number of phenolic OH excluding ortho intramolecular Hbond substituents is 2.